The molecule has 2 heterocycles. The van der Waals surface area contributed by atoms with Crippen LogP contribution in [0.3, 0.4) is 0 Å². The summed E-state index contributed by atoms with van der Waals surface area (Å²) in [6.07, 6.45) is -4.18. The number of hydrogen-bond donors (Lipinski definition) is 1. The molecule has 2 fully saturated rings. The van der Waals surface area contributed by atoms with E-state index >= 15 is 0 Å². The summed E-state index contributed by atoms with van der Waals surface area (Å²) in [6.45, 7) is 5.83. The van der Waals surface area contributed by atoms with Crippen molar-refractivity contribution in [2.75, 3.05) is 13.2 Å². The average molecular weight is 416 g/mol. The fraction of sp³-hybridized carbons (Fsp3) is 0.611. The molecule has 2 aliphatic rings. The Hall–Kier alpha value is -1.56. The predicted molar refractivity (Wildman–Crippen MR) is 94.6 cm³/mol. The normalized spacial score (nSPS) is 32.4. The topological polar surface area (TPSA) is 118 Å². The standard InChI is InChI=1S/C18H24O9S/c1-11-5-7-13(8-6-11)28(21,22)26-15-14(20)9-23-18(16(15)25-12(2)19)10-24-17(3,4)27-18/h5-8,14-16,20H,9-10H2,1-4H3/t14-,15-,16+,18+/m1/s1. The molecule has 0 amide bonds. The number of carbonyl (C=O) groups is 1. The Kier molecular flexibility index (Phi) is 5.56. The van der Waals surface area contributed by atoms with Gasteiger partial charge in [-0.2, -0.15) is 8.42 Å². The molecule has 0 aromatic heterocycles. The molecule has 0 unspecified atom stereocenters. The van der Waals surface area contributed by atoms with E-state index in [4.69, 9.17) is 23.1 Å². The van der Waals surface area contributed by atoms with Gasteiger partial charge in [0.15, 0.2) is 11.9 Å². The highest BCUT2D eigenvalue weighted by atomic mass is 32.2. The van der Waals surface area contributed by atoms with Crippen LogP contribution in [0.15, 0.2) is 29.2 Å². The Morgan fingerprint density at radius 2 is 1.86 bits per heavy atom. The van der Waals surface area contributed by atoms with E-state index in [9.17, 15) is 18.3 Å². The number of aryl methyl sites for hydroxylation is 1. The Morgan fingerprint density at radius 3 is 2.39 bits per heavy atom. The first-order valence-electron chi connectivity index (χ1n) is 8.77. The first kappa shape index (κ1) is 21.2. The summed E-state index contributed by atoms with van der Waals surface area (Å²) < 4.78 is 53.0. The van der Waals surface area contributed by atoms with Crippen LogP contribution < -0.4 is 0 Å². The zero-order valence-corrected chi connectivity index (χ0v) is 16.9. The van der Waals surface area contributed by atoms with E-state index < -0.39 is 46.0 Å². The van der Waals surface area contributed by atoms with Gasteiger partial charge in [-0.1, -0.05) is 17.7 Å². The minimum absolute atomic E-state index is 0.0867. The number of rotatable bonds is 4. The van der Waals surface area contributed by atoms with E-state index in [1.54, 1.807) is 26.0 Å². The third-order valence-electron chi connectivity index (χ3n) is 4.49. The summed E-state index contributed by atoms with van der Waals surface area (Å²) >= 11 is 0. The van der Waals surface area contributed by atoms with Gasteiger partial charge in [0.2, 0.25) is 5.79 Å². The first-order chi connectivity index (χ1) is 12.9. The molecular weight excluding hydrogens is 392 g/mol. The molecule has 1 aromatic carbocycles. The lowest BCUT2D eigenvalue weighted by Crippen LogP contribution is -2.64. The lowest BCUT2D eigenvalue weighted by Gasteiger charge is -2.44. The number of esters is 1. The van der Waals surface area contributed by atoms with E-state index in [2.05, 4.69) is 0 Å². The van der Waals surface area contributed by atoms with Crippen LogP contribution in [0.2, 0.25) is 0 Å². The zero-order chi connectivity index (χ0) is 20.7. The average Bonchev–Trinajstić information content (AvgIpc) is 2.90. The predicted octanol–water partition coefficient (Wildman–Crippen LogP) is 0.871. The molecule has 1 spiro atoms. The molecule has 0 radical (unpaired) electrons. The summed E-state index contributed by atoms with van der Waals surface area (Å²) in [5, 5.41) is 10.4. The lowest BCUT2D eigenvalue weighted by atomic mass is 9.97. The molecule has 0 aliphatic carbocycles. The Balaban J connectivity index is 1.94. The summed E-state index contributed by atoms with van der Waals surface area (Å²) in [7, 11) is -4.26. The highest BCUT2D eigenvalue weighted by Gasteiger charge is 2.61. The van der Waals surface area contributed by atoms with Crippen molar-refractivity contribution in [3.63, 3.8) is 0 Å². The molecule has 3 rings (SSSR count). The summed E-state index contributed by atoms with van der Waals surface area (Å²) in [6, 6.07) is 6.03. The number of ether oxygens (including phenoxy) is 4. The maximum Gasteiger partial charge on any atom is 0.303 e. The number of benzene rings is 1. The van der Waals surface area contributed by atoms with Gasteiger partial charge in [-0.15, -0.1) is 0 Å². The monoisotopic (exact) mass is 416 g/mol. The first-order valence-corrected chi connectivity index (χ1v) is 10.2. The lowest BCUT2D eigenvalue weighted by molar-refractivity contribution is -0.336. The molecule has 4 atom stereocenters. The van der Waals surface area contributed by atoms with Crippen molar-refractivity contribution < 1.29 is 41.4 Å². The van der Waals surface area contributed by atoms with Gasteiger partial charge in [-0.25, -0.2) is 0 Å². The maximum absolute atomic E-state index is 12.7. The van der Waals surface area contributed by atoms with E-state index in [1.807, 2.05) is 6.92 Å². The third kappa shape index (κ3) is 4.22. The van der Waals surface area contributed by atoms with Crippen LogP contribution in [0.25, 0.3) is 0 Å². The fourth-order valence-corrected chi connectivity index (χ4v) is 4.28. The van der Waals surface area contributed by atoms with Crippen molar-refractivity contribution in [3.05, 3.63) is 29.8 Å². The summed E-state index contributed by atoms with van der Waals surface area (Å²) in [5.41, 5.74) is 0.875. The van der Waals surface area contributed by atoms with E-state index in [-0.39, 0.29) is 18.1 Å². The van der Waals surface area contributed by atoms with Crippen molar-refractivity contribution in [3.8, 4) is 0 Å². The highest BCUT2D eigenvalue weighted by molar-refractivity contribution is 7.86. The minimum Gasteiger partial charge on any atom is -0.454 e. The molecule has 0 saturated carbocycles. The molecule has 1 N–H and O–H groups in total. The molecule has 2 aliphatic heterocycles. The second kappa shape index (κ2) is 7.36. The van der Waals surface area contributed by atoms with Crippen LogP contribution in [0.4, 0.5) is 0 Å². The molecule has 1 aromatic rings. The van der Waals surface area contributed by atoms with Crippen LogP contribution in [0, 0.1) is 6.92 Å². The van der Waals surface area contributed by atoms with Crippen LogP contribution in [-0.4, -0.2) is 62.6 Å². The van der Waals surface area contributed by atoms with Crippen LogP contribution in [-0.2, 0) is 38.0 Å². The zero-order valence-electron chi connectivity index (χ0n) is 16.1. The van der Waals surface area contributed by atoms with Crippen molar-refractivity contribution in [2.45, 2.75) is 62.5 Å². The van der Waals surface area contributed by atoms with Crippen LogP contribution >= 0.6 is 0 Å². The van der Waals surface area contributed by atoms with E-state index in [0.29, 0.717) is 0 Å². The quantitative estimate of drug-likeness (QED) is 0.563. The number of carbonyl (C=O) groups excluding carboxylic acids is 1. The van der Waals surface area contributed by atoms with Crippen molar-refractivity contribution in [1.29, 1.82) is 0 Å². The molecule has 0 bridgehead atoms. The molecule has 9 nitrogen and oxygen atoms in total. The molecule has 28 heavy (non-hydrogen) atoms. The van der Waals surface area contributed by atoms with E-state index in [0.717, 1.165) is 12.5 Å². The Bertz CT molecular complexity index is 833. The van der Waals surface area contributed by atoms with Gasteiger partial charge < -0.3 is 24.1 Å². The smallest absolute Gasteiger partial charge is 0.303 e. The van der Waals surface area contributed by atoms with Gasteiger partial charge in [0.1, 0.15) is 18.8 Å². The Morgan fingerprint density at radius 1 is 1.21 bits per heavy atom. The second-order valence-corrected chi connectivity index (χ2v) is 8.91. The highest BCUT2D eigenvalue weighted by Crippen LogP contribution is 2.41. The second-order valence-electron chi connectivity index (χ2n) is 7.34. The van der Waals surface area contributed by atoms with Crippen molar-refractivity contribution in [1.82, 2.24) is 0 Å². The SMILES string of the molecule is CC(=O)O[C@H]1[C@H](OS(=O)(=O)c2ccc(C)cc2)[C@H](O)CO[C@]12COC(C)(C)O2. The largest absolute Gasteiger partial charge is 0.454 e. The third-order valence-corrected chi connectivity index (χ3v) is 5.81. The van der Waals surface area contributed by atoms with Crippen LogP contribution in [0.5, 0.6) is 0 Å². The summed E-state index contributed by atoms with van der Waals surface area (Å²) in [5.74, 6) is -3.36. The van der Waals surface area contributed by atoms with Crippen molar-refractivity contribution in [2.24, 2.45) is 0 Å². The molecular formula is C18H24O9S. The van der Waals surface area contributed by atoms with Gasteiger partial charge in [0, 0.05) is 6.92 Å². The van der Waals surface area contributed by atoms with Gasteiger partial charge >= 0.3 is 5.97 Å². The number of aliphatic hydroxyl groups is 1. The van der Waals surface area contributed by atoms with Gasteiger partial charge in [0.05, 0.1) is 11.5 Å². The molecule has 156 valence electrons. The number of hydrogen-bond acceptors (Lipinski definition) is 9. The Labute approximate surface area is 163 Å². The van der Waals surface area contributed by atoms with Gasteiger partial charge in [-0.3, -0.25) is 8.98 Å². The minimum atomic E-state index is -4.26. The maximum atomic E-state index is 12.7. The molecule has 10 heteroatoms. The van der Waals surface area contributed by atoms with Gasteiger partial charge in [-0.05, 0) is 32.9 Å². The van der Waals surface area contributed by atoms with Crippen molar-refractivity contribution >= 4 is 16.1 Å². The fourth-order valence-electron chi connectivity index (χ4n) is 3.17. The summed E-state index contributed by atoms with van der Waals surface area (Å²) in [4.78, 5) is 11.6. The van der Waals surface area contributed by atoms with Crippen LogP contribution in [0.1, 0.15) is 26.3 Å². The molecule has 2 saturated heterocycles. The van der Waals surface area contributed by atoms with Gasteiger partial charge in [0.25, 0.3) is 10.1 Å². The van der Waals surface area contributed by atoms with E-state index in [1.165, 1.54) is 12.1 Å². The number of aliphatic hydroxyl groups excluding tert-OH is 1.